The Hall–Kier alpha value is -4.90. The van der Waals surface area contributed by atoms with Crippen LogP contribution < -0.4 is 9.47 Å². The summed E-state index contributed by atoms with van der Waals surface area (Å²) in [5, 5.41) is 0.617. The van der Waals surface area contributed by atoms with Gasteiger partial charge in [0, 0.05) is 10.9 Å². The molecule has 0 N–H and O–H groups in total. The summed E-state index contributed by atoms with van der Waals surface area (Å²) in [6.07, 6.45) is 3.29. The maximum Gasteiger partial charge on any atom is 0.347 e. The molecule has 37 heavy (non-hydrogen) atoms. The van der Waals surface area contributed by atoms with Crippen molar-refractivity contribution in [1.29, 1.82) is 0 Å². The van der Waals surface area contributed by atoms with Crippen LogP contribution in [0.4, 0.5) is 0 Å². The molecule has 5 heteroatoms. The first-order valence-electron chi connectivity index (χ1n) is 11.9. The molecule has 0 aliphatic heterocycles. The van der Waals surface area contributed by atoms with Crippen LogP contribution in [0.5, 0.6) is 11.5 Å². The van der Waals surface area contributed by atoms with E-state index in [2.05, 4.69) is 0 Å². The number of benzene rings is 4. The number of fused-ring (bicyclic) bond motifs is 1. The number of esters is 1. The molecule has 0 radical (unpaired) electrons. The van der Waals surface area contributed by atoms with Crippen molar-refractivity contribution in [3.63, 3.8) is 0 Å². The smallest absolute Gasteiger partial charge is 0.347 e. The number of aryl methyl sites for hydroxylation is 1. The van der Waals surface area contributed by atoms with Crippen LogP contribution in [-0.4, -0.2) is 11.8 Å². The highest BCUT2D eigenvalue weighted by molar-refractivity contribution is 6.07. The van der Waals surface area contributed by atoms with Crippen molar-refractivity contribution in [2.24, 2.45) is 0 Å². The minimum atomic E-state index is -0.542. The van der Waals surface area contributed by atoms with Crippen molar-refractivity contribution >= 4 is 28.8 Å². The van der Waals surface area contributed by atoms with E-state index in [0.29, 0.717) is 46.0 Å². The summed E-state index contributed by atoms with van der Waals surface area (Å²) in [6, 6.07) is 31.3. The summed E-state index contributed by atoms with van der Waals surface area (Å²) in [5.41, 5.74) is 3.40. The van der Waals surface area contributed by atoms with E-state index in [1.807, 2.05) is 66.7 Å². The molecule has 0 saturated heterocycles. The number of carbonyl (C=O) groups is 2. The number of ether oxygens (including phenoxy) is 2. The van der Waals surface area contributed by atoms with Crippen LogP contribution in [0.25, 0.3) is 17.0 Å². The Morgan fingerprint density at radius 3 is 2.22 bits per heavy atom. The first-order valence-corrected chi connectivity index (χ1v) is 11.9. The highest BCUT2D eigenvalue weighted by Crippen LogP contribution is 2.30. The van der Waals surface area contributed by atoms with Gasteiger partial charge in [-0.2, -0.15) is 0 Å². The zero-order valence-electron chi connectivity index (χ0n) is 20.2. The van der Waals surface area contributed by atoms with Crippen molar-refractivity contribution in [2.75, 3.05) is 0 Å². The van der Waals surface area contributed by atoms with Gasteiger partial charge in [-0.05, 0) is 66.6 Å². The fraction of sp³-hybridized carbons (Fsp3) is 0.0625. The zero-order valence-corrected chi connectivity index (χ0v) is 20.2. The van der Waals surface area contributed by atoms with Crippen molar-refractivity contribution in [3.05, 3.63) is 137 Å². The molecule has 4 aromatic carbocycles. The third-order valence-corrected chi connectivity index (χ3v) is 5.86. The number of carbonyl (C=O) groups excluding carboxylic acids is 2. The summed E-state index contributed by atoms with van der Waals surface area (Å²) in [7, 11) is 0. The number of hydrogen-bond acceptors (Lipinski definition) is 5. The van der Waals surface area contributed by atoms with E-state index in [0.717, 1.165) is 11.1 Å². The average Bonchev–Trinajstić information content (AvgIpc) is 3.27. The Labute approximate surface area is 214 Å². The molecule has 5 aromatic rings. The summed E-state index contributed by atoms with van der Waals surface area (Å²) in [4.78, 5) is 25.6. The lowest BCUT2D eigenvalue weighted by Gasteiger charge is -2.07. The van der Waals surface area contributed by atoms with Crippen LogP contribution in [0.1, 0.15) is 37.6 Å². The normalized spacial score (nSPS) is 11.1. The molecule has 1 aromatic heterocycles. The zero-order chi connectivity index (χ0) is 25.6. The molecule has 5 nitrogen and oxygen atoms in total. The van der Waals surface area contributed by atoms with Gasteiger partial charge in [0.15, 0.2) is 5.78 Å². The number of ketones is 1. The molecule has 0 saturated carbocycles. The predicted octanol–water partition coefficient (Wildman–Crippen LogP) is 7.44. The second kappa shape index (κ2) is 10.8. The molecule has 0 atom stereocenters. The Kier molecular flexibility index (Phi) is 6.95. The number of hydrogen-bond donors (Lipinski definition) is 0. The van der Waals surface area contributed by atoms with Crippen LogP contribution >= 0.6 is 0 Å². The highest BCUT2D eigenvalue weighted by Gasteiger charge is 2.21. The van der Waals surface area contributed by atoms with Gasteiger partial charge in [0.05, 0.1) is 0 Å². The third kappa shape index (κ3) is 5.68. The molecule has 0 fully saturated rings. The monoisotopic (exact) mass is 488 g/mol. The van der Waals surface area contributed by atoms with E-state index in [4.69, 9.17) is 13.9 Å². The molecular formula is C32H24O5. The molecule has 0 aliphatic carbocycles. The summed E-state index contributed by atoms with van der Waals surface area (Å²) in [6.45, 7) is 2.14. The van der Waals surface area contributed by atoms with Gasteiger partial charge in [-0.3, -0.25) is 4.79 Å². The van der Waals surface area contributed by atoms with Crippen LogP contribution in [0.15, 0.2) is 114 Å². The number of allylic oxidation sites excluding steroid dienone is 1. The van der Waals surface area contributed by atoms with Crippen LogP contribution in [0.3, 0.4) is 0 Å². The summed E-state index contributed by atoms with van der Waals surface area (Å²) >= 11 is 0. The molecule has 182 valence electrons. The molecule has 0 unspecified atom stereocenters. The molecule has 0 spiro atoms. The van der Waals surface area contributed by atoms with Gasteiger partial charge in [-0.15, -0.1) is 0 Å². The van der Waals surface area contributed by atoms with E-state index < -0.39 is 5.97 Å². The summed E-state index contributed by atoms with van der Waals surface area (Å²) in [5.74, 6) is 0.732. The van der Waals surface area contributed by atoms with E-state index in [-0.39, 0.29) is 5.78 Å². The predicted molar refractivity (Wildman–Crippen MR) is 143 cm³/mol. The average molecular weight is 489 g/mol. The van der Waals surface area contributed by atoms with Gasteiger partial charge in [-0.25, -0.2) is 4.79 Å². The number of furan rings is 1. The second-order valence-electron chi connectivity index (χ2n) is 8.49. The maximum absolute atomic E-state index is 13.1. The van der Waals surface area contributed by atoms with E-state index in [1.54, 1.807) is 49.4 Å². The second-order valence-corrected chi connectivity index (χ2v) is 8.49. The molecule has 0 amide bonds. The van der Waals surface area contributed by atoms with Crippen LogP contribution in [-0.2, 0) is 6.61 Å². The van der Waals surface area contributed by atoms with Crippen LogP contribution in [0, 0.1) is 6.92 Å². The van der Waals surface area contributed by atoms with E-state index >= 15 is 0 Å². The number of rotatable bonds is 8. The largest absolute Gasteiger partial charge is 0.489 e. The Morgan fingerprint density at radius 1 is 0.811 bits per heavy atom. The topological polar surface area (TPSA) is 65.7 Å². The first-order chi connectivity index (χ1) is 18.1. The third-order valence-electron chi connectivity index (χ3n) is 5.86. The lowest BCUT2D eigenvalue weighted by atomic mass is 10.1. The van der Waals surface area contributed by atoms with Crippen molar-refractivity contribution in [1.82, 2.24) is 0 Å². The highest BCUT2D eigenvalue weighted by atomic mass is 16.5. The molecule has 0 aliphatic rings. The van der Waals surface area contributed by atoms with E-state index in [9.17, 15) is 9.59 Å². The Balaban J connectivity index is 1.29. The maximum atomic E-state index is 13.1. The standard InChI is InChI=1S/C32H24O5/c1-22-31(28-20-27(17-19-30(28)36-22)35-21-24-10-6-3-7-11-24)32(34)37-26-15-13-25(14-16-26)29(33)18-12-23-8-4-2-5-9-23/h2-20H,21H2,1H3. The Bertz CT molecular complexity index is 1560. The van der Waals surface area contributed by atoms with Gasteiger partial charge in [-0.1, -0.05) is 66.7 Å². The van der Waals surface area contributed by atoms with Gasteiger partial charge in [0.1, 0.15) is 35.0 Å². The van der Waals surface area contributed by atoms with Gasteiger partial charge >= 0.3 is 5.97 Å². The van der Waals surface area contributed by atoms with Crippen molar-refractivity contribution in [2.45, 2.75) is 13.5 Å². The lowest BCUT2D eigenvalue weighted by Crippen LogP contribution is -2.09. The van der Waals surface area contributed by atoms with Crippen molar-refractivity contribution in [3.8, 4) is 11.5 Å². The molecule has 1 heterocycles. The van der Waals surface area contributed by atoms with Gasteiger partial charge < -0.3 is 13.9 Å². The quantitative estimate of drug-likeness (QED) is 0.0983. The van der Waals surface area contributed by atoms with Crippen molar-refractivity contribution < 1.29 is 23.5 Å². The minimum absolute atomic E-state index is 0.138. The van der Waals surface area contributed by atoms with Gasteiger partial charge in [0.2, 0.25) is 0 Å². The van der Waals surface area contributed by atoms with Crippen LogP contribution in [0.2, 0.25) is 0 Å². The molecule has 5 rings (SSSR count). The SMILES string of the molecule is Cc1oc2ccc(OCc3ccccc3)cc2c1C(=O)Oc1ccc(C(=O)C=Cc2ccccc2)cc1. The first kappa shape index (κ1) is 23.8. The molecule has 0 bridgehead atoms. The fourth-order valence-corrected chi connectivity index (χ4v) is 3.96. The Morgan fingerprint density at radius 2 is 1.49 bits per heavy atom. The molecular weight excluding hydrogens is 464 g/mol. The lowest BCUT2D eigenvalue weighted by molar-refractivity contribution is 0.0734. The minimum Gasteiger partial charge on any atom is -0.489 e. The van der Waals surface area contributed by atoms with E-state index in [1.165, 1.54) is 6.08 Å². The fourth-order valence-electron chi connectivity index (χ4n) is 3.96. The van der Waals surface area contributed by atoms with Gasteiger partial charge in [0.25, 0.3) is 0 Å². The summed E-state index contributed by atoms with van der Waals surface area (Å²) < 4.78 is 17.3.